The average Bonchev–Trinajstić information content (AvgIpc) is 2.68. The van der Waals surface area contributed by atoms with Gasteiger partial charge in [-0.3, -0.25) is 4.79 Å². The molecule has 0 saturated heterocycles. The molecule has 1 aromatic carbocycles. The average molecular weight is 372 g/mol. The van der Waals surface area contributed by atoms with E-state index in [4.69, 9.17) is 10.5 Å². The number of amidine groups is 2. The molecule has 0 heterocycles. The van der Waals surface area contributed by atoms with Crippen LogP contribution in [0.4, 0.5) is 11.4 Å². The third kappa shape index (κ3) is 7.83. The van der Waals surface area contributed by atoms with Gasteiger partial charge in [-0.2, -0.15) is 4.99 Å². The third-order valence-electron chi connectivity index (χ3n) is 3.45. The molecule has 0 aliphatic rings. The van der Waals surface area contributed by atoms with Crippen molar-refractivity contribution in [2.24, 2.45) is 20.7 Å². The molecule has 1 aromatic rings. The molecule has 1 atom stereocenters. The van der Waals surface area contributed by atoms with E-state index in [-0.39, 0.29) is 5.91 Å². The molecule has 27 heavy (non-hydrogen) atoms. The molecule has 0 bridgehead atoms. The first kappa shape index (κ1) is 22.0. The summed E-state index contributed by atoms with van der Waals surface area (Å²) < 4.78 is 5.21. The van der Waals surface area contributed by atoms with Gasteiger partial charge in [0, 0.05) is 20.0 Å². The molecule has 1 unspecified atom stereocenters. The largest absolute Gasteiger partial charge is 0.387 e. The fourth-order valence-electron chi connectivity index (χ4n) is 1.87. The van der Waals surface area contributed by atoms with Crippen LogP contribution in [0.2, 0.25) is 0 Å². The molecule has 4 N–H and O–H groups in total. The second-order valence-corrected chi connectivity index (χ2v) is 5.49. The highest BCUT2D eigenvalue weighted by Gasteiger charge is 2.09. The lowest BCUT2D eigenvalue weighted by molar-refractivity contribution is -0.111. The molecule has 0 aromatic heterocycles. The van der Waals surface area contributed by atoms with Crippen LogP contribution >= 0.6 is 0 Å². The summed E-state index contributed by atoms with van der Waals surface area (Å²) in [7, 11) is 1.56. The van der Waals surface area contributed by atoms with Crippen LogP contribution < -0.4 is 16.4 Å². The Bertz CT molecular complexity index is 739. The summed E-state index contributed by atoms with van der Waals surface area (Å²) in [5.41, 5.74) is 7.03. The number of guanidine groups is 1. The Morgan fingerprint density at radius 3 is 2.37 bits per heavy atom. The molecule has 146 valence electrons. The number of amides is 1. The lowest BCUT2D eigenvalue weighted by Gasteiger charge is -2.14. The highest BCUT2D eigenvalue weighted by Crippen LogP contribution is 2.21. The summed E-state index contributed by atoms with van der Waals surface area (Å²) in [5.74, 6) is 1.02. The van der Waals surface area contributed by atoms with Crippen molar-refractivity contribution in [1.29, 1.82) is 0 Å². The highest BCUT2D eigenvalue weighted by atomic mass is 16.5. The molecular formula is C19H28N6O2. The first-order valence-electron chi connectivity index (χ1n) is 8.74. The minimum atomic E-state index is -0.420. The van der Waals surface area contributed by atoms with Crippen LogP contribution in [0.5, 0.6) is 0 Å². The van der Waals surface area contributed by atoms with E-state index in [0.29, 0.717) is 41.8 Å². The number of rotatable bonds is 7. The van der Waals surface area contributed by atoms with Gasteiger partial charge in [0.2, 0.25) is 11.9 Å². The number of ether oxygens (including phenoxy) is 1. The number of benzene rings is 1. The standard InChI is InChI=1S/C19H28N6O2/c1-6-16(20)24-17(7-2)25-19(21-13(4)27-5)23-15-12-10-9-11-14(15)22-18(26)8-3/h8-13H,3,6-7H2,1-2,4-5H3,(H,22,26)(H3,20,21,23,24,25). The monoisotopic (exact) mass is 372 g/mol. The Balaban J connectivity index is 3.26. The van der Waals surface area contributed by atoms with Gasteiger partial charge < -0.3 is 21.1 Å². The SMILES string of the molecule is C=CC(=O)Nc1ccccc1NC(N=C(CC)N=C(N)CC)=NC(C)OC. The Kier molecular flexibility index (Phi) is 9.46. The number of hydrogen-bond acceptors (Lipinski definition) is 3. The zero-order valence-electron chi connectivity index (χ0n) is 16.3. The molecule has 8 heteroatoms. The summed E-state index contributed by atoms with van der Waals surface area (Å²) >= 11 is 0. The van der Waals surface area contributed by atoms with Crippen molar-refractivity contribution >= 4 is 34.9 Å². The number of carbonyl (C=O) groups excluding carboxylic acids is 1. The number of nitrogens with two attached hydrogens (primary N) is 1. The van der Waals surface area contributed by atoms with Crippen LogP contribution in [0.1, 0.15) is 33.6 Å². The summed E-state index contributed by atoms with van der Waals surface area (Å²) in [5, 5.41) is 5.86. The predicted molar refractivity (Wildman–Crippen MR) is 112 cm³/mol. The van der Waals surface area contributed by atoms with Gasteiger partial charge in [0.15, 0.2) is 0 Å². The lowest BCUT2D eigenvalue weighted by Crippen LogP contribution is -2.19. The Morgan fingerprint density at radius 1 is 1.22 bits per heavy atom. The van der Waals surface area contributed by atoms with Crippen molar-refractivity contribution in [3.8, 4) is 0 Å². The van der Waals surface area contributed by atoms with Crippen LogP contribution in [-0.4, -0.2) is 36.9 Å². The minimum Gasteiger partial charge on any atom is -0.387 e. The number of nitrogens with one attached hydrogen (secondary N) is 2. The highest BCUT2D eigenvalue weighted by molar-refractivity contribution is 6.08. The third-order valence-corrected chi connectivity index (χ3v) is 3.45. The summed E-state index contributed by atoms with van der Waals surface area (Å²) in [6, 6.07) is 7.21. The van der Waals surface area contributed by atoms with Crippen LogP contribution in [-0.2, 0) is 9.53 Å². The van der Waals surface area contributed by atoms with Gasteiger partial charge in [-0.1, -0.05) is 32.6 Å². The van der Waals surface area contributed by atoms with E-state index in [2.05, 4.69) is 32.2 Å². The Labute approximate surface area is 160 Å². The van der Waals surface area contributed by atoms with E-state index in [1.807, 2.05) is 26.0 Å². The van der Waals surface area contributed by atoms with E-state index < -0.39 is 6.23 Å². The molecule has 0 radical (unpaired) electrons. The predicted octanol–water partition coefficient (Wildman–Crippen LogP) is 3.15. The van der Waals surface area contributed by atoms with Crippen molar-refractivity contribution < 1.29 is 9.53 Å². The maximum Gasteiger partial charge on any atom is 0.247 e. The van der Waals surface area contributed by atoms with E-state index >= 15 is 0 Å². The molecule has 1 amide bonds. The number of carbonyl (C=O) groups is 1. The summed E-state index contributed by atoms with van der Waals surface area (Å²) in [4.78, 5) is 24.9. The molecule has 0 fully saturated rings. The number of hydrogen-bond donors (Lipinski definition) is 3. The normalized spacial score (nSPS) is 13.9. The van der Waals surface area contributed by atoms with E-state index in [9.17, 15) is 4.79 Å². The zero-order chi connectivity index (χ0) is 20.2. The molecule has 0 aliphatic carbocycles. The van der Waals surface area contributed by atoms with E-state index in [1.165, 1.54) is 6.08 Å². The number of para-hydroxylation sites is 2. The maximum absolute atomic E-state index is 11.7. The van der Waals surface area contributed by atoms with Crippen LogP contribution in [0.15, 0.2) is 51.9 Å². The molecular weight excluding hydrogens is 344 g/mol. The van der Waals surface area contributed by atoms with Crippen LogP contribution in [0.3, 0.4) is 0 Å². The van der Waals surface area contributed by atoms with Gasteiger partial charge in [-0.05, 0) is 25.1 Å². The van der Waals surface area contributed by atoms with Gasteiger partial charge in [0.05, 0.1) is 11.4 Å². The summed E-state index contributed by atoms with van der Waals surface area (Å²) in [6.07, 6.45) is 1.99. The van der Waals surface area contributed by atoms with E-state index in [0.717, 1.165) is 0 Å². The van der Waals surface area contributed by atoms with Crippen LogP contribution in [0, 0.1) is 0 Å². The van der Waals surface area contributed by atoms with Crippen molar-refractivity contribution in [2.45, 2.75) is 39.8 Å². The molecule has 8 nitrogen and oxygen atoms in total. The topological polar surface area (TPSA) is 113 Å². The van der Waals surface area contributed by atoms with Crippen molar-refractivity contribution in [2.75, 3.05) is 17.7 Å². The quantitative estimate of drug-likeness (QED) is 0.387. The number of anilines is 2. The van der Waals surface area contributed by atoms with Gasteiger partial charge in [0.1, 0.15) is 17.9 Å². The molecule has 1 rings (SSSR count). The minimum absolute atomic E-state index is 0.300. The number of methoxy groups -OCH3 is 1. The zero-order valence-corrected chi connectivity index (χ0v) is 16.3. The van der Waals surface area contributed by atoms with Gasteiger partial charge >= 0.3 is 0 Å². The number of nitrogens with zero attached hydrogens (tertiary/aromatic N) is 3. The molecule has 0 aliphatic heterocycles. The maximum atomic E-state index is 11.7. The van der Waals surface area contributed by atoms with Crippen molar-refractivity contribution in [1.82, 2.24) is 0 Å². The fourth-order valence-corrected chi connectivity index (χ4v) is 1.87. The Morgan fingerprint density at radius 2 is 1.85 bits per heavy atom. The molecule has 0 spiro atoms. The van der Waals surface area contributed by atoms with Gasteiger partial charge in [-0.25, -0.2) is 9.98 Å². The second-order valence-electron chi connectivity index (χ2n) is 5.49. The smallest absolute Gasteiger partial charge is 0.247 e. The van der Waals surface area contributed by atoms with Gasteiger partial charge in [0.25, 0.3) is 0 Å². The second kappa shape index (κ2) is 11.6. The van der Waals surface area contributed by atoms with Crippen molar-refractivity contribution in [3.63, 3.8) is 0 Å². The first-order chi connectivity index (χ1) is 12.9. The van der Waals surface area contributed by atoms with E-state index in [1.54, 1.807) is 26.2 Å². The first-order valence-corrected chi connectivity index (χ1v) is 8.74. The Hall–Kier alpha value is -3.00. The fraction of sp³-hybridized carbons (Fsp3) is 0.368. The van der Waals surface area contributed by atoms with Crippen LogP contribution in [0.25, 0.3) is 0 Å². The van der Waals surface area contributed by atoms with Crippen molar-refractivity contribution in [3.05, 3.63) is 36.9 Å². The number of aliphatic imine (C=N–C) groups is 3. The van der Waals surface area contributed by atoms with Gasteiger partial charge in [-0.15, -0.1) is 0 Å². The lowest BCUT2D eigenvalue weighted by atomic mass is 10.2. The summed E-state index contributed by atoms with van der Waals surface area (Å²) in [6.45, 7) is 9.11. The molecule has 0 saturated carbocycles.